The van der Waals surface area contributed by atoms with Gasteiger partial charge in [-0.2, -0.15) is 0 Å². The number of amides is 2. The van der Waals surface area contributed by atoms with E-state index in [4.69, 9.17) is 23.2 Å². The van der Waals surface area contributed by atoms with Gasteiger partial charge < -0.3 is 10.2 Å². The first-order chi connectivity index (χ1) is 15.9. The maximum absolute atomic E-state index is 13.5. The van der Waals surface area contributed by atoms with Crippen molar-refractivity contribution in [2.24, 2.45) is 0 Å². The normalized spacial score (nSPS) is 12.2. The van der Waals surface area contributed by atoms with Crippen LogP contribution in [0, 0.1) is 6.92 Å². The Bertz CT molecular complexity index is 1120. The number of rotatable bonds is 11. The van der Waals surface area contributed by atoms with Crippen molar-refractivity contribution < 1.29 is 18.0 Å². The van der Waals surface area contributed by atoms with E-state index in [0.717, 1.165) is 29.0 Å². The number of anilines is 1. The SMILES string of the molecule is CCCCNC(=O)C(C)N(Cc1cccc(Cl)c1)C(=O)CN(c1ccc(Cl)cc1C)S(C)(=O)=O. The zero-order valence-electron chi connectivity index (χ0n) is 19.8. The molecule has 0 bridgehead atoms. The molecular weight excluding hydrogens is 497 g/mol. The zero-order chi connectivity index (χ0) is 25.5. The quantitative estimate of drug-likeness (QED) is 0.438. The van der Waals surface area contributed by atoms with E-state index in [1.165, 1.54) is 4.90 Å². The van der Waals surface area contributed by atoms with E-state index < -0.39 is 28.5 Å². The van der Waals surface area contributed by atoms with Gasteiger partial charge in [0.2, 0.25) is 21.8 Å². The van der Waals surface area contributed by atoms with Gasteiger partial charge in [0.05, 0.1) is 11.9 Å². The van der Waals surface area contributed by atoms with Gasteiger partial charge in [-0.3, -0.25) is 13.9 Å². The summed E-state index contributed by atoms with van der Waals surface area (Å²) in [6.07, 6.45) is 2.78. The number of benzene rings is 2. The predicted octanol–water partition coefficient (Wildman–Crippen LogP) is 4.40. The van der Waals surface area contributed by atoms with Crippen molar-refractivity contribution >= 4 is 50.7 Å². The Labute approximate surface area is 212 Å². The number of nitrogens with zero attached hydrogens (tertiary/aromatic N) is 2. The van der Waals surface area contributed by atoms with Gasteiger partial charge in [0.25, 0.3) is 0 Å². The van der Waals surface area contributed by atoms with Crippen LogP contribution in [0.1, 0.15) is 37.8 Å². The van der Waals surface area contributed by atoms with E-state index in [1.807, 2.05) is 6.92 Å². The van der Waals surface area contributed by atoms with Gasteiger partial charge in [-0.1, -0.05) is 48.7 Å². The number of nitrogens with one attached hydrogen (secondary N) is 1. The molecule has 1 N–H and O–H groups in total. The average Bonchev–Trinajstić information content (AvgIpc) is 2.75. The molecule has 7 nitrogen and oxygen atoms in total. The molecule has 0 aromatic heterocycles. The fourth-order valence-corrected chi connectivity index (χ4v) is 4.79. The Balaban J connectivity index is 2.38. The summed E-state index contributed by atoms with van der Waals surface area (Å²) >= 11 is 12.1. The van der Waals surface area contributed by atoms with Crippen molar-refractivity contribution in [3.05, 3.63) is 63.6 Å². The van der Waals surface area contributed by atoms with E-state index in [1.54, 1.807) is 56.3 Å². The van der Waals surface area contributed by atoms with Crippen molar-refractivity contribution in [1.82, 2.24) is 10.2 Å². The molecule has 0 radical (unpaired) electrons. The van der Waals surface area contributed by atoms with Crippen LogP contribution in [-0.2, 0) is 26.2 Å². The van der Waals surface area contributed by atoms with Gasteiger partial charge in [0, 0.05) is 23.1 Å². The Kier molecular flexibility index (Phi) is 10.2. The summed E-state index contributed by atoms with van der Waals surface area (Å²) in [6, 6.07) is 10.9. The molecule has 0 aliphatic rings. The molecule has 10 heteroatoms. The lowest BCUT2D eigenvalue weighted by Gasteiger charge is -2.32. The summed E-state index contributed by atoms with van der Waals surface area (Å²) in [7, 11) is -3.80. The van der Waals surface area contributed by atoms with Crippen LogP contribution < -0.4 is 9.62 Å². The number of hydrogen-bond donors (Lipinski definition) is 1. The Morgan fingerprint density at radius 2 is 1.76 bits per heavy atom. The standard InChI is InChI=1S/C24H31Cl2N3O4S/c1-5-6-12-27-24(31)18(3)28(15-19-8-7-9-20(25)14-19)23(30)16-29(34(4,32)33)22-11-10-21(26)13-17(22)2/h7-11,13-14,18H,5-6,12,15-16H2,1-4H3,(H,27,31). The van der Waals surface area contributed by atoms with Crippen LogP contribution in [0.15, 0.2) is 42.5 Å². The monoisotopic (exact) mass is 527 g/mol. The van der Waals surface area contributed by atoms with Crippen LogP contribution in [0.5, 0.6) is 0 Å². The fourth-order valence-electron chi connectivity index (χ4n) is 3.44. The van der Waals surface area contributed by atoms with Gasteiger partial charge in [-0.15, -0.1) is 0 Å². The Morgan fingerprint density at radius 1 is 1.09 bits per heavy atom. The second kappa shape index (κ2) is 12.4. The molecular formula is C24H31Cl2N3O4S. The van der Waals surface area contributed by atoms with Crippen molar-refractivity contribution in [3.63, 3.8) is 0 Å². The minimum atomic E-state index is -3.80. The molecule has 2 amide bonds. The van der Waals surface area contributed by atoms with Crippen LogP contribution in [-0.4, -0.2) is 50.5 Å². The molecule has 0 fully saturated rings. The summed E-state index contributed by atoms with van der Waals surface area (Å²) in [5.41, 5.74) is 1.68. The van der Waals surface area contributed by atoms with Crippen molar-refractivity contribution in [1.29, 1.82) is 0 Å². The van der Waals surface area contributed by atoms with Crippen molar-refractivity contribution in [3.8, 4) is 0 Å². The molecule has 0 spiro atoms. The third kappa shape index (κ3) is 7.89. The lowest BCUT2D eigenvalue weighted by molar-refractivity contribution is -0.139. The number of sulfonamides is 1. The fraction of sp³-hybridized carbons (Fsp3) is 0.417. The Morgan fingerprint density at radius 3 is 2.35 bits per heavy atom. The van der Waals surface area contributed by atoms with E-state index >= 15 is 0 Å². The molecule has 0 aliphatic heterocycles. The third-order valence-corrected chi connectivity index (χ3v) is 6.94. The minimum Gasteiger partial charge on any atom is -0.354 e. The highest BCUT2D eigenvalue weighted by Crippen LogP contribution is 2.26. The third-order valence-electron chi connectivity index (χ3n) is 5.35. The van der Waals surface area contributed by atoms with Crippen molar-refractivity contribution in [2.45, 2.75) is 46.2 Å². The average molecular weight is 529 g/mol. The first-order valence-corrected chi connectivity index (χ1v) is 13.6. The molecule has 2 aromatic rings. The van der Waals surface area contributed by atoms with Crippen LogP contribution >= 0.6 is 23.2 Å². The van der Waals surface area contributed by atoms with Crippen molar-refractivity contribution in [2.75, 3.05) is 23.7 Å². The van der Waals surface area contributed by atoms with Gasteiger partial charge in [0.1, 0.15) is 12.6 Å². The van der Waals surface area contributed by atoms with E-state index in [2.05, 4.69) is 5.32 Å². The highest BCUT2D eigenvalue weighted by Gasteiger charge is 2.30. The summed E-state index contributed by atoms with van der Waals surface area (Å²) in [4.78, 5) is 27.7. The Hall–Kier alpha value is -2.29. The van der Waals surface area contributed by atoms with Gasteiger partial charge in [-0.05, 0) is 61.7 Å². The zero-order valence-corrected chi connectivity index (χ0v) is 22.2. The highest BCUT2D eigenvalue weighted by molar-refractivity contribution is 7.92. The summed E-state index contributed by atoms with van der Waals surface area (Å²) in [5.74, 6) is -0.824. The van der Waals surface area contributed by atoms with Gasteiger partial charge in [-0.25, -0.2) is 8.42 Å². The number of unbranched alkanes of at least 4 members (excludes halogenated alkanes) is 1. The molecule has 186 valence electrons. The summed E-state index contributed by atoms with van der Waals surface area (Å²) < 4.78 is 26.3. The topological polar surface area (TPSA) is 86.8 Å². The molecule has 0 saturated heterocycles. The lowest BCUT2D eigenvalue weighted by atomic mass is 10.1. The number of aryl methyl sites for hydroxylation is 1. The number of hydrogen-bond acceptors (Lipinski definition) is 4. The predicted molar refractivity (Wildman–Crippen MR) is 138 cm³/mol. The lowest BCUT2D eigenvalue weighted by Crippen LogP contribution is -2.51. The molecule has 1 unspecified atom stereocenters. The van der Waals surface area contributed by atoms with Crippen LogP contribution in [0.4, 0.5) is 5.69 Å². The van der Waals surface area contributed by atoms with Crippen LogP contribution in [0.25, 0.3) is 0 Å². The number of carbonyl (C=O) groups excluding carboxylic acids is 2. The number of carbonyl (C=O) groups is 2. The van der Waals surface area contributed by atoms with E-state index in [9.17, 15) is 18.0 Å². The number of halogens is 2. The second-order valence-electron chi connectivity index (χ2n) is 8.17. The molecule has 34 heavy (non-hydrogen) atoms. The highest BCUT2D eigenvalue weighted by atomic mass is 35.5. The molecule has 0 heterocycles. The van der Waals surface area contributed by atoms with E-state index in [0.29, 0.717) is 27.8 Å². The second-order valence-corrected chi connectivity index (χ2v) is 11.0. The first kappa shape index (κ1) is 28.0. The maximum Gasteiger partial charge on any atom is 0.244 e. The minimum absolute atomic E-state index is 0.0962. The van der Waals surface area contributed by atoms with Gasteiger partial charge >= 0.3 is 0 Å². The molecule has 0 aliphatic carbocycles. The molecule has 2 aromatic carbocycles. The summed E-state index contributed by atoms with van der Waals surface area (Å²) in [6.45, 7) is 5.49. The largest absolute Gasteiger partial charge is 0.354 e. The first-order valence-electron chi connectivity index (χ1n) is 11.0. The van der Waals surface area contributed by atoms with Gasteiger partial charge in [0.15, 0.2) is 0 Å². The maximum atomic E-state index is 13.5. The summed E-state index contributed by atoms with van der Waals surface area (Å²) in [5, 5.41) is 3.80. The molecule has 1 atom stereocenters. The van der Waals surface area contributed by atoms with Crippen LogP contribution in [0.3, 0.4) is 0 Å². The molecule has 2 rings (SSSR count). The smallest absolute Gasteiger partial charge is 0.244 e. The van der Waals surface area contributed by atoms with E-state index in [-0.39, 0.29) is 12.5 Å². The van der Waals surface area contributed by atoms with Crippen LogP contribution in [0.2, 0.25) is 10.0 Å². The molecule has 0 saturated carbocycles.